The summed E-state index contributed by atoms with van der Waals surface area (Å²) in [6.45, 7) is 2.34. The summed E-state index contributed by atoms with van der Waals surface area (Å²) in [6.07, 6.45) is 9.37. The molecule has 0 aromatic carbocycles. The Labute approximate surface area is 91.9 Å². The van der Waals surface area contributed by atoms with Crippen molar-refractivity contribution in [3.8, 4) is 0 Å². The second-order valence-electron chi connectivity index (χ2n) is 4.43. The fourth-order valence-electron chi connectivity index (χ4n) is 2.20. The quantitative estimate of drug-likeness (QED) is 0.791. The van der Waals surface area contributed by atoms with E-state index in [4.69, 9.17) is 0 Å². The summed E-state index contributed by atoms with van der Waals surface area (Å²) < 4.78 is 0. The zero-order chi connectivity index (χ0) is 10.5. The summed E-state index contributed by atoms with van der Waals surface area (Å²) in [5.74, 6) is 0. The van der Waals surface area contributed by atoms with Gasteiger partial charge in [0, 0.05) is 32.0 Å². The molecule has 1 unspecified atom stereocenters. The van der Waals surface area contributed by atoms with Crippen LogP contribution in [0.1, 0.15) is 25.7 Å². The van der Waals surface area contributed by atoms with Crippen molar-refractivity contribution in [3.05, 3.63) is 18.5 Å². The summed E-state index contributed by atoms with van der Waals surface area (Å²) >= 11 is 0. The molecule has 0 spiro atoms. The molecule has 1 aliphatic heterocycles. The smallest absolute Gasteiger partial charge is 0.0541 e. The van der Waals surface area contributed by atoms with Crippen molar-refractivity contribution in [3.63, 3.8) is 0 Å². The van der Waals surface area contributed by atoms with Gasteiger partial charge in [0.15, 0.2) is 0 Å². The number of piperidine rings is 1. The third-order valence-electron chi connectivity index (χ3n) is 3.25. The van der Waals surface area contributed by atoms with Gasteiger partial charge < -0.3 is 15.2 Å². The average molecular weight is 207 g/mol. The minimum Gasteiger partial charge on any atom is -0.373 e. The van der Waals surface area contributed by atoms with E-state index in [0.717, 1.165) is 12.6 Å². The van der Waals surface area contributed by atoms with Crippen molar-refractivity contribution in [2.24, 2.45) is 0 Å². The standard InChI is InChI=1S/C12H21N3/c1-15(12-5-8-13-10-12)9-6-11-4-2-3-7-14-11/h5,8,10-11,13-14H,2-4,6-7,9H2,1H3. The molecule has 2 rings (SSSR count). The Morgan fingerprint density at radius 3 is 3.07 bits per heavy atom. The van der Waals surface area contributed by atoms with Crippen molar-refractivity contribution in [2.75, 3.05) is 25.0 Å². The van der Waals surface area contributed by atoms with Crippen molar-refractivity contribution in [1.82, 2.24) is 10.3 Å². The van der Waals surface area contributed by atoms with Crippen LogP contribution in [0.2, 0.25) is 0 Å². The van der Waals surface area contributed by atoms with Crippen LogP contribution in [0.25, 0.3) is 0 Å². The van der Waals surface area contributed by atoms with Gasteiger partial charge in [-0.2, -0.15) is 0 Å². The van der Waals surface area contributed by atoms with Crippen LogP contribution in [-0.2, 0) is 0 Å². The van der Waals surface area contributed by atoms with Gasteiger partial charge in [-0.1, -0.05) is 6.42 Å². The van der Waals surface area contributed by atoms with Crippen LogP contribution in [0.15, 0.2) is 18.5 Å². The van der Waals surface area contributed by atoms with Crippen molar-refractivity contribution < 1.29 is 0 Å². The van der Waals surface area contributed by atoms with Gasteiger partial charge in [0.25, 0.3) is 0 Å². The highest BCUT2D eigenvalue weighted by molar-refractivity contribution is 5.42. The van der Waals surface area contributed by atoms with E-state index >= 15 is 0 Å². The van der Waals surface area contributed by atoms with Crippen LogP contribution in [0, 0.1) is 0 Å². The number of H-pyrrole nitrogens is 1. The van der Waals surface area contributed by atoms with E-state index in [-0.39, 0.29) is 0 Å². The Balaban J connectivity index is 1.73. The topological polar surface area (TPSA) is 31.1 Å². The molecule has 0 bridgehead atoms. The molecule has 1 aromatic rings. The Morgan fingerprint density at radius 1 is 1.47 bits per heavy atom. The molecule has 1 atom stereocenters. The van der Waals surface area contributed by atoms with Gasteiger partial charge in [-0.05, 0) is 31.9 Å². The van der Waals surface area contributed by atoms with E-state index in [1.165, 1.54) is 37.9 Å². The Hall–Kier alpha value is -0.960. The predicted octanol–water partition coefficient (Wildman–Crippen LogP) is 1.98. The lowest BCUT2D eigenvalue weighted by Gasteiger charge is -2.26. The molecular formula is C12H21N3. The predicted molar refractivity (Wildman–Crippen MR) is 64.3 cm³/mol. The molecule has 3 nitrogen and oxygen atoms in total. The van der Waals surface area contributed by atoms with Crippen LogP contribution in [-0.4, -0.2) is 31.2 Å². The van der Waals surface area contributed by atoms with Crippen molar-refractivity contribution in [2.45, 2.75) is 31.7 Å². The Bertz CT molecular complexity index is 262. The zero-order valence-corrected chi connectivity index (χ0v) is 9.50. The lowest BCUT2D eigenvalue weighted by Crippen LogP contribution is -2.36. The third-order valence-corrected chi connectivity index (χ3v) is 3.25. The summed E-state index contributed by atoms with van der Waals surface area (Å²) in [4.78, 5) is 5.40. The molecule has 3 heteroatoms. The number of nitrogens with one attached hydrogen (secondary N) is 2. The van der Waals surface area contributed by atoms with E-state index in [9.17, 15) is 0 Å². The first-order valence-electron chi connectivity index (χ1n) is 5.93. The molecule has 1 fully saturated rings. The molecule has 0 saturated carbocycles. The second-order valence-corrected chi connectivity index (χ2v) is 4.43. The normalized spacial score (nSPS) is 21.5. The molecule has 84 valence electrons. The molecular weight excluding hydrogens is 186 g/mol. The van der Waals surface area contributed by atoms with Crippen LogP contribution < -0.4 is 10.2 Å². The van der Waals surface area contributed by atoms with E-state index in [2.05, 4.69) is 28.3 Å². The lowest BCUT2D eigenvalue weighted by atomic mass is 10.0. The fraction of sp³-hybridized carbons (Fsp3) is 0.667. The van der Waals surface area contributed by atoms with Gasteiger partial charge >= 0.3 is 0 Å². The molecule has 0 radical (unpaired) electrons. The molecule has 1 aliphatic rings. The van der Waals surface area contributed by atoms with Crippen LogP contribution in [0.5, 0.6) is 0 Å². The maximum absolute atomic E-state index is 3.59. The van der Waals surface area contributed by atoms with E-state index in [1.807, 2.05) is 12.4 Å². The van der Waals surface area contributed by atoms with Crippen LogP contribution >= 0.6 is 0 Å². The van der Waals surface area contributed by atoms with Gasteiger partial charge in [0.2, 0.25) is 0 Å². The van der Waals surface area contributed by atoms with Gasteiger partial charge in [-0.25, -0.2) is 0 Å². The first-order valence-corrected chi connectivity index (χ1v) is 5.93. The Kier molecular flexibility index (Phi) is 3.67. The van der Waals surface area contributed by atoms with Crippen molar-refractivity contribution >= 4 is 5.69 Å². The number of hydrogen-bond donors (Lipinski definition) is 2. The zero-order valence-electron chi connectivity index (χ0n) is 9.50. The van der Waals surface area contributed by atoms with E-state index in [1.54, 1.807) is 0 Å². The molecule has 1 aromatic heterocycles. The summed E-state index contributed by atoms with van der Waals surface area (Å²) in [6, 6.07) is 2.86. The maximum Gasteiger partial charge on any atom is 0.0541 e. The van der Waals surface area contributed by atoms with Crippen LogP contribution in [0.4, 0.5) is 5.69 Å². The number of rotatable bonds is 4. The minimum absolute atomic E-state index is 0.736. The summed E-state index contributed by atoms with van der Waals surface area (Å²) in [5.41, 5.74) is 1.28. The molecule has 15 heavy (non-hydrogen) atoms. The van der Waals surface area contributed by atoms with Crippen molar-refractivity contribution in [1.29, 1.82) is 0 Å². The number of nitrogens with zero attached hydrogens (tertiary/aromatic N) is 1. The molecule has 2 N–H and O–H groups in total. The van der Waals surface area contributed by atoms with Gasteiger partial charge in [-0.15, -0.1) is 0 Å². The highest BCUT2D eigenvalue weighted by Gasteiger charge is 2.12. The summed E-state index contributed by atoms with van der Waals surface area (Å²) in [5, 5.41) is 3.59. The Morgan fingerprint density at radius 2 is 2.40 bits per heavy atom. The number of hydrogen-bond acceptors (Lipinski definition) is 2. The molecule has 0 amide bonds. The molecule has 0 aliphatic carbocycles. The van der Waals surface area contributed by atoms with Gasteiger partial charge in [0.05, 0.1) is 5.69 Å². The second kappa shape index (κ2) is 5.21. The van der Waals surface area contributed by atoms with Crippen LogP contribution in [0.3, 0.4) is 0 Å². The monoisotopic (exact) mass is 207 g/mol. The molecule has 2 heterocycles. The van der Waals surface area contributed by atoms with Gasteiger partial charge in [-0.3, -0.25) is 0 Å². The van der Waals surface area contributed by atoms with Gasteiger partial charge in [0.1, 0.15) is 0 Å². The summed E-state index contributed by atoms with van der Waals surface area (Å²) in [7, 11) is 2.16. The highest BCUT2D eigenvalue weighted by Crippen LogP contribution is 2.14. The fourth-order valence-corrected chi connectivity index (χ4v) is 2.20. The third kappa shape index (κ3) is 2.99. The minimum atomic E-state index is 0.736. The first-order chi connectivity index (χ1) is 7.36. The van der Waals surface area contributed by atoms with E-state index in [0.29, 0.717) is 0 Å². The highest BCUT2D eigenvalue weighted by atomic mass is 15.1. The largest absolute Gasteiger partial charge is 0.373 e. The number of anilines is 1. The van der Waals surface area contributed by atoms with E-state index < -0.39 is 0 Å². The maximum atomic E-state index is 3.59. The lowest BCUT2D eigenvalue weighted by molar-refractivity contribution is 0.384. The first kappa shape index (κ1) is 10.6. The average Bonchev–Trinajstić information content (AvgIpc) is 2.81. The number of aromatic amines is 1. The number of aromatic nitrogens is 1. The SMILES string of the molecule is CN(CCC1CCCCN1)c1cc[nH]c1. The molecule has 1 saturated heterocycles.